The van der Waals surface area contributed by atoms with E-state index in [4.69, 9.17) is 9.88 Å². The zero-order valence-electron chi connectivity index (χ0n) is 16.0. The minimum Gasteiger partial charge on any atom is -0.451 e. The molecule has 11 heteroatoms. The first kappa shape index (κ1) is 21.0. The van der Waals surface area contributed by atoms with E-state index in [9.17, 15) is 18.0 Å². The summed E-state index contributed by atoms with van der Waals surface area (Å²) in [5.41, 5.74) is 1.50. The van der Waals surface area contributed by atoms with Gasteiger partial charge < -0.3 is 10.1 Å². The van der Waals surface area contributed by atoms with Crippen molar-refractivity contribution in [3.8, 4) is 0 Å². The standard InChI is InChI=1S/C18H20N4O5S2/c1-10(12-4-6-13(7-5-12)29(19,25)26)20-16(23)9-27-18(24)15-8-14-11(2)21-22(3)17(14)28-15/h4-8,10H,9H2,1-3H3,(H,20,23)(H2,19,25,26). The Morgan fingerprint density at radius 2 is 1.97 bits per heavy atom. The molecule has 154 valence electrons. The number of ether oxygens (including phenoxy) is 1. The summed E-state index contributed by atoms with van der Waals surface area (Å²) in [5.74, 6) is -1.05. The van der Waals surface area contributed by atoms with Gasteiger partial charge in [-0.3, -0.25) is 9.48 Å². The summed E-state index contributed by atoms with van der Waals surface area (Å²) in [6.07, 6.45) is 0. The van der Waals surface area contributed by atoms with Crippen LogP contribution in [0.15, 0.2) is 35.2 Å². The molecule has 0 aliphatic rings. The Kier molecular flexibility index (Phi) is 5.73. The highest BCUT2D eigenvalue weighted by atomic mass is 32.2. The number of primary sulfonamides is 1. The number of nitrogens with one attached hydrogen (secondary N) is 1. The third-order valence-electron chi connectivity index (χ3n) is 4.32. The van der Waals surface area contributed by atoms with Crippen LogP contribution in [0.2, 0.25) is 0 Å². The number of hydrogen-bond acceptors (Lipinski definition) is 7. The normalized spacial score (nSPS) is 12.7. The number of rotatable bonds is 6. The van der Waals surface area contributed by atoms with Crippen molar-refractivity contribution in [1.29, 1.82) is 0 Å². The summed E-state index contributed by atoms with van der Waals surface area (Å²) in [5, 5.41) is 12.9. The van der Waals surface area contributed by atoms with E-state index in [1.165, 1.54) is 23.5 Å². The lowest BCUT2D eigenvalue weighted by molar-refractivity contribution is -0.124. The molecule has 1 amide bonds. The number of carbonyl (C=O) groups is 2. The molecule has 0 aliphatic carbocycles. The maximum Gasteiger partial charge on any atom is 0.348 e. The minimum atomic E-state index is -3.77. The number of carbonyl (C=O) groups excluding carboxylic acids is 2. The Labute approximate surface area is 171 Å². The molecule has 0 spiro atoms. The number of aromatic nitrogens is 2. The van der Waals surface area contributed by atoms with Gasteiger partial charge >= 0.3 is 5.97 Å². The maximum absolute atomic E-state index is 12.2. The fourth-order valence-corrected chi connectivity index (χ4v) is 4.35. The highest BCUT2D eigenvalue weighted by molar-refractivity contribution is 7.89. The van der Waals surface area contributed by atoms with Gasteiger partial charge in [0.2, 0.25) is 10.0 Å². The Hall–Kier alpha value is -2.76. The number of nitrogens with zero attached hydrogens (tertiary/aromatic N) is 2. The van der Waals surface area contributed by atoms with Gasteiger partial charge in [-0.25, -0.2) is 18.4 Å². The van der Waals surface area contributed by atoms with Crippen LogP contribution >= 0.6 is 11.3 Å². The predicted octanol–water partition coefficient (Wildman–Crippen LogP) is 1.62. The summed E-state index contributed by atoms with van der Waals surface area (Å²) in [4.78, 5) is 25.6. The number of fused-ring (bicyclic) bond motifs is 1. The number of nitrogens with two attached hydrogens (primary N) is 1. The van der Waals surface area contributed by atoms with Crippen molar-refractivity contribution in [3.05, 3.63) is 46.5 Å². The Balaban J connectivity index is 1.57. The maximum atomic E-state index is 12.2. The van der Waals surface area contributed by atoms with Crippen LogP contribution in [-0.4, -0.2) is 36.7 Å². The number of thiophene rings is 1. The van der Waals surface area contributed by atoms with Gasteiger partial charge in [-0.2, -0.15) is 5.10 Å². The Morgan fingerprint density at radius 1 is 1.31 bits per heavy atom. The smallest absolute Gasteiger partial charge is 0.348 e. The molecule has 1 aromatic carbocycles. The molecular weight excluding hydrogens is 416 g/mol. The van der Waals surface area contributed by atoms with Crippen molar-refractivity contribution in [1.82, 2.24) is 15.1 Å². The molecule has 29 heavy (non-hydrogen) atoms. The number of hydrogen-bond donors (Lipinski definition) is 2. The first-order valence-corrected chi connectivity index (χ1v) is 10.9. The van der Waals surface area contributed by atoms with Gasteiger partial charge in [0.1, 0.15) is 9.71 Å². The molecule has 3 N–H and O–H groups in total. The van der Waals surface area contributed by atoms with E-state index in [2.05, 4.69) is 10.4 Å². The number of benzene rings is 1. The van der Waals surface area contributed by atoms with Crippen LogP contribution in [0, 0.1) is 6.92 Å². The molecule has 3 aromatic rings. The van der Waals surface area contributed by atoms with Crippen LogP contribution in [0.3, 0.4) is 0 Å². The van der Waals surface area contributed by atoms with Gasteiger partial charge in [-0.1, -0.05) is 12.1 Å². The van der Waals surface area contributed by atoms with E-state index in [0.29, 0.717) is 10.4 Å². The van der Waals surface area contributed by atoms with Crippen LogP contribution in [0.4, 0.5) is 0 Å². The van der Waals surface area contributed by atoms with Crippen LogP contribution < -0.4 is 10.5 Å². The summed E-state index contributed by atoms with van der Waals surface area (Å²) in [6, 6.07) is 7.15. The average molecular weight is 437 g/mol. The minimum absolute atomic E-state index is 0.0116. The zero-order chi connectivity index (χ0) is 21.3. The summed E-state index contributed by atoms with van der Waals surface area (Å²) < 4.78 is 29.4. The second kappa shape index (κ2) is 7.93. The average Bonchev–Trinajstić information content (AvgIpc) is 3.21. The largest absolute Gasteiger partial charge is 0.451 e. The van der Waals surface area contributed by atoms with Gasteiger partial charge in [0.05, 0.1) is 16.6 Å². The fraction of sp³-hybridized carbons (Fsp3) is 0.278. The van der Waals surface area contributed by atoms with E-state index < -0.39 is 34.5 Å². The van der Waals surface area contributed by atoms with Gasteiger partial charge in [0.15, 0.2) is 6.61 Å². The molecule has 0 fully saturated rings. The molecule has 9 nitrogen and oxygen atoms in total. The number of esters is 1. The van der Waals surface area contributed by atoms with Crippen molar-refractivity contribution in [2.45, 2.75) is 24.8 Å². The van der Waals surface area contributed by atoms with Crippen LogP contribution in [0.1, 0.15) is 33.9 Å². The molecule has 0 aliphatic heterocycles. The summed E-state index contributed by atoms with van der Waals surface area (Å²) in [6.45, 7) is 3.16. The SMILES string of the molecule is Cc1nn(C)c2sc(C(=O)OCC(=O)NC(C)c3ccc(S(N)(=O)=O)cc3)cc12. The van der Waals surface area contributed by atoms with Gasteiger partial charge in [-0.15, -0.1) is 11.3 Å². The topological polar surface area (TPSA) is 133 Å². The highest BCUT2D eigenvalue weighted by Crippen LogP contribution is 2.28. The predicted molar refractivity (Wildman–Crippen MR) is 108 cm³/mol. The molecule has 0 radical (unpaired) electrons. The third-order valence-corrected chi connectivity index (χ3v) is 6.43. The first-order valence-electron chi connectivity index (χ1n) is 8.58. The van der Waals surface area contributed by atoms with E-state index in [1.54, 1.807) is 36.9 Å². The van der Waals surface area contributed by atoms with Gasteiger partial charge in [0.25, 0.3) is 5.91 Å². The molecule has 2 heterocycles. The van der Waals surface area contributed by atoms with Crippen molar-refractivity contribution >= 4 is 43.5 Å². The Bertz CT molecular complexity index is 1140. The van der Waals surface area contributed by atoms with Crippen molar-refractivity contribution in [2.75, 3.05) is 6.61 Å². The van der Waals surface area contributed by atoms with E-state index in [1.807, 2.05) is 6.92 Å². The molecular formula is C18H20N4O5S2. The fourth-order valence-electron chi connectivity index (χ4n) is 2.82. The van der Waals surface area contributed by atoms with Gasteiger partial charge in [0, 0.05) is 12.4 Å². The van der Waals surface area contributed by atoms with Crippen LogP contribution in [-0.2, 0) is 26.6 Å². The molecule has 2 aromatic heterocycles. The van der Waals surface area contributed by atoms with E-state index in [0.717, 1.165) is 15.9 Å². The van der Waals surface area contributed by atoms with Crippen molar-refractivity contribution < 1.29 is 22.7 Å². The summed E-state index contributed by atoms with van der Waals surface area (Å²) in [7, 11) is -1.98. The van der Waals surface area contributed by atoms with Crippen molar-refractivity contribution in [2.24, 2.45) is 12.2 Å². The lowest BCUT2D eigenvalue weighted by Crippen LogP contribution is -2.31. The quantitative estimate of drug-likeness (QED) is 0.564. The van der Waals surface area contributed by atoms with E-state index >= 15 is 0 Å². The monoisotopic (exact) mass is 436 g/mol. The number of aryl methyl sites for hydroxylation is 2. The van der Waals surface area contributed by atoms with Crippen LogP contribution in [0.25, 0.3) is 10.2 Å². The molecule has 1 unspecified atom stereocenters. The van der Waals surface area contributed by atoms with Crippen LogP contribution in [0.5, 0.6) is 0 Å². The molecule has 0 saturated heterocycles. The number of sulfonamides is 1. The molecule has 1 atom stereocenters. The highest BCUT2D eigenvalue weighted by Gasteiger charge is 2.18. The molecule has 3 rings (SSSR count). The lowest BCUT2D eigenvalue weighted by Gasteiger charge is -2.14. The van der Waals surface area contributed by atoms with E-state index in [-0.39, 0.29) is 4.90 Å². The Morgan fingerprint density at radius 3 is 2.55 bits per heavy atom. The lowest BCUT2D eigenvalue weighted by atomic mass is 10.1. The van der Waals surface area contributed by atoms with Crippen molar-refractivity contribution in [3.63, 3.8) is 0 Å². The third kappa shape index (κ3) is 4.63. The second-order valence-corrected chi connectivity index (χ2v) is 9.11. The molecule has 0 bridgehead atoms. The first-order chi connectivity index (χ1) is 13.6. The number of amides is 1. The molecule has 0 saturated carbocycles. The summed E-state index contributed by atoms with van der Waals surface area (Å²) >= 11 is 1.25. The zero-order valence-corrected chi connectivity index (χ0v) is 17.6. The second-order valence-electron chi connectivity index (χ2n) is 6.52. The van der Waals surface area contributed by atoms with Gasteiger partial charge in [-0.05, 0) is 37.6 Å².